The highest BCUT2D eigenvalue weighted by atomic mass is 16.5. The van der Waals surface area contributed by atoms with Crippen LogP contribution in [0.4, 0.5) is 0 Å². The molecule has 1 aliphatic heterocycles. The molecule has 0 spiro atoms. The number of nitrogens with one attached hydrogen (secondary N) is 1. The lowest BCUT2D eigenvalue weighted by molar-refractivity contribution is -0.163. The largest absolute Gasteiger partial charge is 0.380 e. The van der Waals surface area contributed by atoms with Crippen LogP contribution in [0, 0.1) is 0 Å². The smallest absolute Gasteiger partial charge is 0.249 e. The van der Waals surface area contributed by atoms with Crippen LogP contribution in [0.1, 0.15) is 47.5 Å². The van der Waals surface area contributed by atoms with Crippen LogP contribution in [0.3, 0.4) is 0 Å². The molecule has 0 aromatic rings. The van der Waals surface area contributed by atoms with Gasteiger partial charge in [0.15, 0.2) is 0 Å². The van der Waals surface area contributed by atoms with E-state index in [0.717, 1.165) is 0 Å². The van der Waals surface area contributed by atoms with Crippen LogP contribution in [-0.2, 0) is 14.3 Å². The van der Waals surface area contributed by atoms with Crippen molar-refractivity contribution >= 4 is 11.8 Å². The molecule has 0 aromatic carbocycles. The van der Waals surface area contributed by atoms with Gasteiger partial charge in [-0.15, -0.1) is 0 Å². The fourth-order valence-corrected chi connectivity index (χ4v) is 2.43. The van der Waals surface area contributed by atoms with Crippen LogP contribution < -0.4 is 5.32 Å². The number of hydrogen-bond acceptors (Lipinski definition) is 3. The van der Waals surface area contributed by atoms with Gasteiger partial charge in [0.2, 0.25) is 11.8 Å². The maximum Gasteiger partial charge on any atom is 0.249 e. The van der Waals surface area contributed by atoms with E-state index in [2.05, 4.69) is 5.32 Å². The Morgan fingerprint density at radius 3 is 2.21 bits per heavy atom. The second kappa shape index (κ2) is 5.49. The van der Waals surface area contributed by atoms with Gasteiger partial charge in [-0.2, -0.15) is 0 Å². The molecule has 110 valence electrons. The Morgan fingerprint density at radius 2 is 1.79 bits per heavy atom. The predicted molar refractivity (Wildman–Crippen MR) is 73.7 cm³/mol. The van der Waals surface area contributed by atoms with Crippen molar-refractivity contribution in [3.05, 3.63) is 0 Å². The molecule has 1 aliphatic rings. The second-order valence-electron chi connectivity index (χ2n) is 5.76. The number of carbonyl (C=O) groups is 2. The molecule has 1 atom stereocenters. The highest BCUT2D eigenvalue weighted by Crippen LogP contribution is 2.30. The number of methoxy groups -OCH3 is 1. The number of carbonyl (C=O) groups excluding carboxylic acids is 2. The average Bonchev–Trinajstić information content (AvgIpc) is 2.39. The molecule has 1 fully saturated rings. The molecule has 5 nitrogen and oxygen atoms in total. The van der Waals surface area contributed by atoms with Crippen molar-refractivity contribution in [3.8, 4) is 0 Å². The fourth-order valence-electron chi connectivity index (χ4n) is 2.43. The van der Waals surface area contributed by atoms with Crippen molar-refractivity contribution in [2.24, 2.45) is 0 Å². The van der Waals surface area contributed by atoms with Gasteiger partial charge >= 0.3 is 0 Å². The Morgan fingerprint density at radius 1 is 1.26 bits per heavy atom. The van der Waals surface area contributed by atoms with Gasteiger partial charge in [-0.1, -0.05) is 13.8 Å². The third-order valence-corrected chi connectivity index (χ3v) is 4.29. The lowest BCUT2D eigenvalue weighted by atomic mass is 9.83. The van der Waals surface area contributed by atoms with Gasteiger partial charge in [0.05, 0.1) is 6.10 Å². The van der Waals surface area contributed by atoms with Gasteiger partial charge in [-0.25, -0.2) is 0 Å². The zero-order valence-corrected chi connectivity index (χ0v) is 12.9. The first kappa shape index (κ1) is 16.0. The first-order valence-electron chi connectivity index (χ1n) is 6.92. The molecular formula is C14H26N2O3. The van der Waals surface area contributed by atoms with Crippen molar-refractivity contribution in [1.29, 1.82) is 0 Å². The molecular weight excluding hydrogens is 244 g/mol. The van der Waals surface area contributed by atoms with E-state index in [4.69, 9.17) is 4.74 Å². The summed E-state index contributed by atoms with van der Waals surface area (Å²) in [6.07, 6.45) is 1.10. The van der Waals surface area contributed by atoms with Crippen LogP contribution in [-0.4, -0.2) is 47.6 Å². The molecule has 5 heteroatoms. The number of piperazine rings is 1. The van der Waals surface area contributed by atoms with Crippen LogP contribution in [0.15, 0.2) is 0 Å². The summed E-state index contributed by atoms with van der Waals surface area (Å²) in [7, 11) is 1.61. The van der Waals surface area contributed by atoms with Gasteiger partial charge in [0.25, 0.3) is 0 Å². The molecule has 1 heterocycles. The number of rotatable bonds is 5. The van der Waals surface area contributed by atoms with E-state index in [-0.39, 0.29) is 17.9 Å². The van der Waals surface area contributed by atoms with Crippen molar-refractivity contribution in [1.82, 2.24) is 10.2 Å². The summed E-state index contributed by atoms with van der Waals surface area (Å²) in [5.41, 5.74) is -1.60. The number of ether oxygens (including phenoxy) is 1. The van der Waals surface area contributed by atoms with Crippen molar-refractivity contribution in [2.45, 2.75) is 64.6 Å². The summed E-state index contributed by atoms with van der Waals surface area (Å²) < 4.78 is 5.24. The first-order valence-corrected chi connectivity index (χ1v) is 6.92. The predicted octanol–water partition coefficient (Wildman–Crippen LogP) is 1.32. The Bertz CT molecular complexity index is 362. The molecule has 1 rings (SSSR count). The van der Waals surface area contributed by atoms with Gasteiger partial charge in [0.1, 0.15) is 11.1 Å². The summed E-state index contributed by atoms with van der Waals surface area (Å²) in [5.74, 6) is -0.106. The Labute approximate surface area is 115 Å². The third kappa shape index (κ3) is 2.61. The lowest BCUT2D eigenvalue weighted by Crippen LogP contribution is -2.74. The van der Waals surface area contributed by atoms with Crippen LogP contribution in [0.5, 0.6) is 0 Å². The van der Waals surface area contributed by atoms with E-state index < -0.39 is 11.1 Å². The summed E-state index contributed by atoms with van der Waals surface area (Å²) in [6, 6.07) is 0. The van der Waals surface area contributed by atoms with Crippen LogP contribution in [0.2, 0.25) is 0 Å². The van der Waals surface area contributed by atoms with Gasteiger partial charge in [-0.05, 0) is 33.6 Å². The van der Waals surface area contributed by atoms with Gasteiger partial charge in [0, 0.05) is 13.7 Å². The highest BCUT2D eigenvalue weighted by molar-refractivity contribution is 6.01. The second-order valence-corrected chi connectivity index (χ2v) is 5.76. The molecule has 1 unspecified atom stereocenters. The van der Waals surface area contributed by atoms with E-state index in [1.807, 2.05) is 20.8 Å². The molecule has 1 saturated heterocycles. The molecule has 0 saturated carbocycles. The summed E-state index contributed by atoms with van der Waals surface area (Å²) in [6.45, 7) is 9.73. The summed E-state index contributed by atoms with van der Waals surface area (Å²) in [5, 5.41) is 2.92. The first-order chi connectivity index (χ1) is 8.75. The third-order valence-electron chi connectivity index (χ3n) is 4.29. The molecule has 1 N–H and O–H groups in total. The van der Waals surface area contributed by atoms with Gasteiger partial charge < -0.3 is 15.0 Å². The molecule has 0 bridgehead atoms. The van der Waals surface area contributed by atoms with Crippen molar-refractivity contribution in [2.75, 3.05) is 13.7 Å². The van der Waals surface area contributed by atoms with E-state index >= 15 is 0 Å². The Hall–Kier alpha value is -1.10. The lowest BCUT2D eigenvalue weighted by Gasteiger charge is -2.50. The molecule has 2 amide bonds. The van der Waals surface area contributed by atoms with E-state index in [0.29, 0.717) is 19.4 Å². The summed E-state index contributed by atoms with van der Waals surface area (Å²) in [4.78, 5) is 26.8. The average molecular weight is 270 g/mol. The van der Waals surface area contributed by atoms with Crippen molar-refractivity contribution < 1.29 is 14.3 Å². The molecule has 0 aliphatic carbocycles. The normalized spacial score (nSPS) is 23.2. The summed E-state index contributed by atoms with van der Waals surface area (Å²) >= 11 is 0. The topological polar surface area (TPSA) is 58.6 Å². The number of hydrogen-bond donors (Lipinski definition) is 1. The van der Waals surface area contributed by atoms with E-state index in [1.54, 1.807) is 25.9 Å². The maximum atomic E-state index is 12.8. The van der Waals surface area contributed by atoms with E-state index in [9.17, 15) is 9.59 Å². The highest BCUT2D eigenvalue weighted by Gasteiger charge is 2.52. The van der Waals surface area contributed by atoms with Crippen LogP contribution >= 0.6 is 0 Å². The van der Waals surface area contributed by atoms with Gasteiger partial charge in [-0.3, -0.25) is 9.59 Å². The standard InChI is InChI=1S/C14H26N2O3/c1-7-14(8-2)12(18)16(9-10(3)19-6)13(4,5)11(17)15-14/h10H,7-9H2,1-6H3,(H,15,17). The minimum absolute atomic E-state index is 0.00833. The minimum Gasteiger partial charge on any atom is -0.380 e. The Balaban J connectivity index is 3.14. The van der Waals surface area contributed by atoms with Crippen LogP contribution in [0.25, 0.3) is 0 Å². The quantitative estimate of drug-likeness (QED) is 0.819. The van der Waals surface area contributed by atoms with Crippen molar-refractivity contribution in [3.63, 3.8) is 0 Å². The zero-order chi connectivity index (χ0) is 14.8. The fraction of sp³-hybridized carbons (Fsp3) is 0.857. The molecule has 0 radical (unpaired) electrons. The number of amides is 2. The minimum atomic E-state index is -0.836. The van der Waals surface area contributed by atoms with E-state index in [1.165, 1.54) is 0 Å². The Kier molecular flexibility index (Phi) is 4.61. The zero-order valence-electron chi connectivity index (χ0n) is 12.9. The molecule has 0 aromatic heterocycles. The number of nitrogens with zero attached hydrogens (tertiary/aromatic N) is 1. The molecule has 19 heavy (non-hydrogen) atoms. The SMILES string of the molecule is CCC1(CC)NC(=O)C(C)(C)N(CC(C)OC)C1=O. The maximum absolute atomic E-state index is 12.8. The monoisotopic (exact) mass is 270 g/mol.